The molecule has 0 bridgehead atoms. The van der Waals surface area contributed by atoms with Gasteiger partial charge in [-0.05, 0) is 44.7 Å². The fourth-order valence-corrected chi connectivity index (χ4v) is 4.68. The summed E-state index contributed by atoms with van der Waals surface area (Å²) in [6.07, 6.45) is 1.52. The molecule has 1 aromatic carbocycles. The minimum Gasteiger partial charge on any atom is -0.451 e. The fourth-order valence-electron chi connectivity index (χ4n) is 4.68. The van der Waals surface area contributed by atoms with Gasteiger partial charge in [0.25, 0.3) is 11.5 Å². The second-order valence-corrected chi connectivity index (χ2v) is 8.11. The molecule has 0 saturated carbocycles. The molecule has 7 nitrogen and oxygen atoms in total. The third kappa shape index (κ3) is 2.88. The molecule has 1 aliphatic carbocycles. The topological polar surface area (TPSA) is 96.3 Å². The Balaban J connectivity index is 1.48. The van der Waals surface area contributed by atoms with Crippen molar-refractivity contribution in [2.24, 2.45) is 5.92 Å². The van der Waals surface area contributed by atoms with Gasteiger partial charge in [0.2, 0.25) is 0 Å². The number of carbonyl (C=O) groups excluding carboxylic acids is 1. The van der Waals surface area contributed by atoms with Crippen LogP contribution in [-0.4, -0.2) is 33.9 Å². The van der Waals surface area contributed by atoms with Gasteiger partial charge in [0.1, 0.15) is 11.4 Å². The zero-order valence-corrected chi connectivity index (χ0v) is 16.3. The molecule has 0 spiro atoms. The standard InChI is InChI=1S/C22H21N3O4/c1-11-3-6-18-15(7-11)17(26)8-19(29-18)22(28)25-9-13-4-5-14-20(16(13)10-25)23-12(2)24-21(14)27/h3,6-8,13,16H,4-5,9-10H2,1-2H3,(H,23,24,27)/t13-,16+/m1/s1. The van der Waals surface area contributed by atoms with Crippen LogP contribution in [0.25, 0.3) is 11.0 Å². The van der Waals surface area contributed by atoms with Crippen LogP contribution in [0.4, 0.5) is 0 Å². The maximum atomic E-state index is 13.1. The van der Waals surface area contributed by atoms with Gasteiger partial charge in [0, 0.05) is 30.6 Å². The smallest absolute Gasteiger partial charge is 0.289 e. The molecule has 3 aromatic rings. The predicted molar refractivity (Wildman–Crippen MR) is 107 cm³/mol. The molecular weight excluding hydrogens is 370 g/mol. The number of aromatic amines is 1. The number of aryl methyl sites for hydroxylation is 2. The van der Waals surface area contributed by atoms with E-state index in [1.807, 2.05) is 13.0 Å². The molecule has 2 atom stereocenters. The van der Waals surface area contributed by atoms with E-state index in [1.165, 1.54) is 6.07 Å². The maximum Gasteiger partial charge on any atom is 0.289 e. The minimum absolute atomic E-state index is 0.0403. The SMILES string of the molecule is Cc1ccc2oc(C(=O)N3C[C@H]4CCc5c(nc(C)[nH]c5=O)[C@H]4C3)cc(=O)c2c1. The summed E-state index contributed by atoms with van der Waals surface area (Å²) in [6.45, 7) is 4.73. The summed E-state index contributed by atoms with van der Waals surface area (Å²) in [6, 6.07) is 6.63. The number of carbonyl (C=O) groups is 1. The number of rotatable bonds is 1. The van der Waals surface area contributed by atoms with Crippen LogP contribution in [-0.2, 0) is 6.42 Å². The molecule has 148 valence electrons. The molecule has 7 heteroatoms. The highest BCUT2D eigenvalue weighted by Gasteiger charge is 2.41. The van der Waals surface area contributed by atoms with Crippen molar-refractivity contribution >= 4 is 16.9 Å². The van der Waals surface area contributed by atoms with E-state index >= 15 is 0 Å². The molecule has 29 heavy (non-hydrogen) atoms. The van der Waals surface area contributed by atoms with Crippen LogP contribution in [0.2, 0.25) is 0 Å². The first-order valence-electron chi connectivity index (χ1n) is 9.84. The quantitative estimate of drug-likeness (QED) is 0.687. The van der Waals surface area contributed by atoms with Gasteiger partial charge in [-0.3, -0.25) is 14.4 Å². The van der Waals surface area contributed by atoms with Crippen molar-refractivity contribution in [1.82, 2.24) is 14.9 Å². The molecule has 1 saturated heterocycles. The second kappa shape index (κ2) is 6.40. The number of nitrogens with one attached hydrogen (secondary N) is 1. The van der Waals surface area contributed by atoms with Gasteiger partial charge in [0.05, 0.1) is 11.1 Å². The van der Waals surface area contributed by atoms with Crippen LogP contribution >= 0.6 is 0 Å². The van der Waals surface area contributed by atoms with E-state index in [1.54, 1.807) is 24.0 Å². The molecule has 2 aliphatic rings. The molecule has 1 N–H and O–H groups in total. The highest BCUT2D eigenvalue weighted by molar-refractivity contribution is 5.93. The van der Waals surface area contributed by atoms with E-state index in [2.05, 4.69) is 9.97 Å². The lowest BCUT2D eigenvalue weighted by atomic mass is 9.80. The number of hydrogen-bond donors (Lipinski definition) is 1. The van der Waals surface area contributed by atoms with Crippen molar-refractivity contribution in [3.63, 3.8) is 0 Å². The molecule has 5 rings (SSSR count). The summed E-state index contributed by atoms with van der Waals surface area (Å²) in [4.78, 5) is 46.9. The third-order valence-corrected chi connectivity index (χ3v) is 6.10. The molecule has 1 amide bonds. The van der Waals surface area contributed by atoms with Gasteiger partial charge >= 0.3 is 0 Å². The van der Waals surface area contributed by atoms with Crippen LogP contribution in [0.3, 0.4) is 0 Å². The Bertz CT molecular complexity index is 1270. The van der Waals surface area contributed by atoms with Gasteiger partial charge in [-0.1, -0.05) is 11.6 Å². The molecular formula is C22H21N3O4. The van der Waals surface area contributed by atoms with Gasteiger partial charge in [-0.15, -0.1) is 0 Å². The molecule has 3 heterocycles. The largest absolute Gasteiger partial charge is 0.451 e. The summed E-state index contributed by atoms with van der Waals surface area (Å²) < 4.78 is 5.77. The second-order valence-electron chi connectivity index (χ2n) is 8.11. The van der Waals surface area contributed by atoms with Crippen LogP contribution in [0.1, 0.15) is 45.5 Å². The summed E-state index contributed by atoms with van der Waals surface area (Å²) in [5.41, 5.74) is 2.63. The van der Waals surface area contributed by atoms with E-state index in [0.29, 0.717) is 36.3 Å². The Morgan fingerprint density at radius 1 is 1.21 bits per heavy atom. The first-order chi connectivity index (χ1) is 13.9. The Morgan fingerprint density at radius 2 is 2.03 bits per heavy atom. The first kappa shape index (κ1) is 17.8. The summed E-state index contributed by atoms with van der Waals surface area (Å²) in [5, 5.41) is 0.476. The monoisotopic (exact) mass is 391 g/mol. The normalized spacial score (nSPS) is 20.6. The molecule has 1 aliphatic heterocycles. The van der Waals surface area contributed by atoms with Crippen molar-refractivity contribution in [3.8, 4) is 0 Å². The van der Waals surface area contributed by atoms with Gasteiger partial charge < -0.3 is 14.3 Å². The Morgan fingerprint density at radius 3 is 2.86 bits per heavy atom. The molecule has 0 radical (unpaired) electrons. The highest BCUT2D eigenvalue weighted by Crippen LogP contribution is 2.39. The van der Waals surface area contributed by atoms with Gasteiger partial charge in [0.15, 0.2) is 11.2 Å². The lowest BCUT2D eigenvalue weighted by Crippen LogP contribution is -2.29. The Hall–Kier alpha value is -3.22. The Kier molecular flexibility index (Phi) is 3.94. The van der Waals surface area contributed by atoms with E-state index in [4.69, 9.17) is 4.42 Å². The molecule has 2 aromatic heterocycles. The van der Waals surface area contributed by atoms with Crippen molar-refractivity contribution in [3.05, 3.63) is 73.2 Å². The van der Waals surface area contributed by atoms with Crippen LogP contribution in [0, 0.1) is 19.8 Å². The van der Waals surface area contributed by atoms with E-state index in [-0.39, 0.29) is 34.5 Å². The zero-order chi connectivity index (χ0) is 20.3. The van der Waals surface area contributed by atoms with Gasteiger partial charge in [-0.2, -0.15) is 0 Å². The molecule has 1 fully saturated rings. The van der Waals surface area contributed by atoms with E-state index in [9.17, 15) is 14.4 Å². The summed E-state index contributed by atoms with van der Waals surface area (Å²) in [5.74, 6) is 0.658. The van der Waals surface area contributed by atoms with E-state index < -0.39 is 0 Å². The predicted octanol–water partition coefficient (Wildman–Crippen LogP) is 2.30. The number of fused-ring (bicyclic) bond motifs is 4. The third-order valence-electron chi connectivity index (χ3n) is 6.10. The van der Waals surface area contributed by atoms with Crippen molar-refractivity contribution in [2.75, 3.05) is 13.1 Å². The van der Waals surface area contributed by atoms with Crippen molar-refractivity contribution in [2.45, 2.75) is 32.6 Å². The number of nitrogens with zero attached hydrogens (tertiary/aromatic N) is 2. The number of likely N-dealkylation sites (tertiary alicyclic amines) is 1. The number of amides is 1. The molecule has 0 unspecified atom stereocenters. The van der Waals surface area contributed by atoms with E-state index in [0.717, 1.165) is 23.2 Å². The number of benzene rings is 1. The van der Waals surface area contributed by atoms with Crippen LogP contribution in [0.15, 0.2) is 38.3 Å². The average Bonchev–Trinajstić information content (AvgIpc) is 3.12. The lowest BCUT2D eigenvalue weighted by Gasteiger charge is -2.25. The number of hydrogen-bond acceptors (Lipinski definition) is 5. The van der Waals surface area contributed by atoms with Crippen LogP contribution in [0.5, 0.6) is 0 Å². The summed E-state index contributed by atoms with van der Waals surface area (Å²) >= 11 is 0. The maximum absolute atomic E-state index is 13.1. The first-order valence-corrected chi connectivity index (χ1v) is 9.84. The van der Waals surface area contributed by atoms with Crippen molar-refractivity contribution < 1.29 is 9.21 Å². The average molecular weight is 391 g/mol. The van der Waals surface area contributed by atoms with Gasteiger partial charge in [-0.25, -0.2) is 4.98 Å². The number of H-pyrrole nitrogens is 1. The Labute approximate surface area is 166 Å². The zero-order valence-electron chi connectivity index (χ0n) is 16.3. The highest BCUT2D eigenvalue weighted by atomic mass is 16.3. The summed E-state index contributed by atoms with van der Waals surface area (Å²) in [7, 11) is 0. The fraction of sp³-hybridized carbons (Fsp3) is 0.364. The number of aromatic nitrogens is 2. The lowest BCUT2D eigenvalue weighted by molar-refractivity contribution is 0.0754. The van der Waals surface area contributed by atoms with Crippen LogP contribution < -0.4 is 11.0 Å². The van der Waals surface area contributed by atoms with Crippen molar-refractivity contribution in [1.29, 1.82) is 0 Å². The minimum atomic E-state index is -0.290.